The van der Waals surface area contributed by atoms with Crippen LogP contribution in [0.15, 0.2) is 10.5 Å². The Labute approximate surface area is 91.2 Å². The molecule has 0 unspecified atom stereocenters. The van der Waals surface area contributed by atoms with Gasteiger partial charge in [0, 0.05) is 4.47 Å². The van der Waals surface area contributed by atoms with Gasteiger partial charge >= 0.3 is 0 Å². The highest BCUT2D eigenvalue weighted by atomic mass is 79.9. The van der Waals surface area contributed by atoms with E-state index in [2.05, 4.69) is 24.7 Å². The van der Waals surface area contributed by atoms with E-state index in [-0.39, 0.29) is 0 Å². The molecule has 1 heterocycles. The molecule has 0 amide bonds. The van der Waals surface area contributed by atoms with Crippen molar-refractivity contribution in [3.8, 4) is 0 Å². The number of halogens is 2. The first-order chi connectivity index (χ1) is 6.24. The van der Waals surface area contributed by atoms with Crippen LogP contribution >= 0.6 is 39.3 Å². The SMILES string of the molecule is O=Cc1c(Cl)cc(Br)c2nsnc12. The Morgan fingerprint density at radius 1 is 1.46 bits per heavy atom. The highest BCUT2D eigenvalue weighted by molar-refractivity contribution is 9.10. The zero-order valence-electron chi connectivity index (χ0n) is 6.12. The molecule has 3 nitrogen and oxygen atoms in total. The van der Waals surface area contributed by atoms with Gasteiger partial charge in [0.25, 0.3) is 0 Å². The molecular formula is C7H2BrClN2OS. The topological polar surface area (TPSA) is 42.9 Å². The Kier molecular flexibility index (Phi) is 2.31. The van der Waals surface area contributed by atoms with Crippen LogP contribution in [0.3, 0.4) is 0 Å². The normalized spacial score (nSPS) is 10.6. The van der Waals surface area contributed by atoms with Crippen LogP contribution in [0.1, 0.15) is 10.4 Å². The second-order valence-electron chi connectivity index (χ2n) is 2.33. The lowest BCUT2D eigenvalue weighted by Crippen LogP contribution is -1.85. The van der Waals surface area contributed by atoms with Crippen molar-refractivity contribution < 1.29 is 4.79 Å². The number of hydrogen-bond acceptors (Lipinski definition) is 4. The molecule has 0 saturated carbocycles. The summed E-state index contributed by atoms with van der Waals surface area (Å²) in [6.45, 7) is 0. The summed E-state index contributed by atoms with van der Waals surface area (Å²) in [4.78, 5) is 10.7. The maximum atomic E-state index is 10.7. The van der Waals surface area contributed by atoms with E-state index in [1.807, 2.05) is 0 Å². The van der Waals surface area contributed by atoms with E-state index in [4.69, 9.17) is 11.6 Å². The molecule has 0 aliphatic carbocycles. The quantitative estimate of drug-likeness (QED) is 0.753. The third-order valence-corrected chi connectivity index (χ3v) is 3.04. The largest absolute Gasteiger partial charge is 0.298 e. The third kappa shape index (κ3) is 1.37. The molecule has 6 heteroatoms. The molecule has 0 aliphatic heterocycles. The molecule has 2 aromatic rings. The summed E-state index contributed by atoms with van der Waals surface area (Å²) < 4.78 is 8.79. The van der Waals surface area contributed by atoms with Gasteiger partial charge < -0.3 is 0 Å². The van der Waals surface area contributed by atoms with E-state index in [1.54, 1.807) is 6.07 Å². The molecule has 0 aliphatic rings. The average Bonchev–Trinajstić information content (AvgIpc) is 2.53. The number of carbonyl (C=O) groups is 1. The molecule has 0 N–H and O–H groups in total. The van der Waals surface area contributed by atoms with Gasteiger partial charge in [0.2, 0.25) is 0 Å². The maximum Gasteiger partial charge on any atom is 0.153 e. The fourth-order valence-corrected chi connectivity index (χ4v) is 2.58. The van der Waals surface area contributed by atoms with Gasteiger partial charge in [-0.1, -0.05) is 11.6 Å². The van der Waals surface area contributed by atoms with Gasteiger partial charge in [-0.05, 0) is 22.0 Å². The van der Waals surface area contributed by atoms with Crippen LogP contribution in [0, 0.1) is 0 Å². The summed E-state index contributed by atoms with van der Waals surface area (Å²) in [6, 6.07) is 1.65. The number of nitrogens with zero attached hydrogens (tertiary/aromatic N) is 2. The van der Waals surface area contributed by atoms with Crippen molar-refractivity contribution in [2.24, 2.45) is 0 Å². The zero-order chi connectivity index (χ0) is 9.42. The van der Waals surface area contributed by atoms with Gasteiger partial charge in [-0.15, -0.1) is 0 Å². The van der Waals surface area contributed by atoms with Gasteiger partial charge in [-0.2, -0.15) is 8.75 Å². The lowest BCUT2D eigenvalue weighted by molar-refractivity contribution is 0.112. The molecule has 2 rings (SSSR count). The Balaban J connectivity index is 2.96. The molecule has 1 aromatic carbocycles. The van der Waals surface area contributed by atoms with Crippen molar-refractivity contribution >= 4 is 56.6 Å². The lowest BCUT2D eigenvalue weighted by atomic mass is 10.2. The van der Waals surface area contributed by atoms with Crippen LogP contribution in [-0.4, -0.2) is 15.0 Å². The van der Waals surface area contributed by atoms with Crippen LogP contribution in [-0.2, 0) is 0 Å². The smallest absolute Gasteiger partial charge is 0.153 e. The van der Waals surface area contributed by atoms with Crippen molar-refractivity contribution in [1.82, 2.24) is 8.75 Å². The van der Waals surface area contributed by atoms with Gasteiger partial charge in [0.05, 0.1) is 22.3 Å². The van der Waals surface area contributed by atoms with Gasteiger partial charge in [0.15, 0.2) is 6.29 Å². The summed E-state index contributed by atoms with van der Waals surface area (Å²) in [6.07, 6.45) is 0.693. The summed E-state index contributed by atoms with van der Waals surface area (Å²) >= 11 is 10.2. The van der Waals surface area contributed by atoms with E-state index in [0.29, 0.717) is 27.9 Å². The number of benzene rings is 1. The number of carbonyl (C=O) groups excluding carboxylic acids is 1. The highest BCUT2D eigenvalue weighted by Crippen LogP contribution is 2.30. The first kappa shape index (κ1) is 9.05. The Morgan fingerprint density at radius 2 is 2.15 bits per heavy atom. The molecular weight excluding hydrogens is 276 g/mol. The van der Waals surface area contributed by atoms with E-state index < -0.39 is 0 Å². The standard InChI is InChI=1S/C7H2BrClN2OS/c8-4-1-5(9)3(2-12)6-7(4)11-13-10-6/h1-2H. The second kappa shape index (κ2) is 3.32. The van der Waals surface area contributed by atoms with Crippen LogP contribution in [0.5, 0.6) is 0 Å². The van der Waals surface area contributed by atoms with Crippen LogP contribution < -0.4 is 0 Å². The molecule has 13 heavy (non-hydrogen) atoms. The van der Waals surface area contributed by atoms with Crippen LogP contribution in [0.4, 0.5) is 0 Å². The summed E-state index contributed by atoms with van der Waals surface area (Å²) in [5.74, 6) is 0. The van der Waals surface area contributed by atoms with Gasteiger partial charge in [-0.25, -0.2) is 0 Å². The Bertz CT molecular complexity index is 485. The summed E-state index contributed by atoms with van der Waals surface area (Å²) in [5, 5.41) is 0.391. The molecule has 0 spiro atoms. The zero-order valence-corrected chi connectivity index (χ0v) is 9.28. The van der Waals surface area contributed by atoms with Crippen LogP contribution in [0.2, 0.25) is 5.02 Å². The first-order valence-corrected chi connectivity index (χ1v) is 5.19. The van der Waals surface area contributed by atoms with Crippen LogP contribution in [0.25, 0.3) is 11.0 Å². The molecule has 0 bridgehead atoms. The first-order valence-electron chi connectivity index (χ1n) is 3.29. The number of hydrogen-bond donors (Lipinski definition) is 0. The minimum Gasteiger partial charge on any atom is -0.298 e. The van der Waals surface area contributed by atoms with Crippen molar-refractivity contribution in [3.63, 3.8) is 0 Å². The fraction of sp³-hybridized carbons (Fsp3) is 0. The van der Waals surface area contributed by atoms with Gasteiger partial charge in [-0.3, -0.25) is 4.79 Å². The number of fused-ring (bicyclic) bond motifs is 1. The van der Waals surface area contributed by atoms with Crippen molar-refractivity contribution in [2.45, 2.75) is 0 Å². The van der Waals surface area contributed by atoms with Gasteiger partial charge in [0.1, 0.15) is 11.0 Å². The van der Waals surface area contributed by atoms with E-state index in [9.17, 15) is 4.79 Å². The molecule has 1 aromatic heterocycles. The van der Waals surface area contributed by atoms with Crippen molar-refractivity contribution in [2.75, 3.05) is 0 Å². The van der Waals surface area contributed by atoms with E-state index in [0.717, 1.165) is 16.2 Å². The molecule has 0 saturated heterocycles. The van der Waals surface area contributed by atoms with Crippen molar-refractivity contribution in [3.05, 3.63) is 21.1 Å². The fourth-order valence-electron chi connectivity index (χ4n) is 1.00. The molecule has 0 atom stereocenters. The minimum absolute atomic E-state index is 0.391. The predicted octanol–water partition coefficient (Wildman–Crippen LogP) is 2.92. The molecule has 66 valence electrons. The summed E-state index contributed by atoms with van der Waals surface area (Å²) in [7, 11) is 0. The second-order valence-corrected chi connectivity index (χ2v) is 4.12. The maximum absolute atomic E-state index is 10.7. The van der Waals surface area contributed by atoms with E-state index >= 15 is 0 Å². The summed E-state index contributed by atoms with van der Waals surface area (Å²) in [5.41, 5.74) is 1.63. The Morgan fingerprint density at radius 3 is 2.85 bits per heavy atom. The monoisotopic (exact) mass is 276 g/mol. The predicted molar refractivity (Wildman–Crippen MR) is 55.5 cm³/mol. The van der Waals surface area contributed by atoms with E-state index in [1.165, 1.54) is 0 Å². The van der Waals surface area contributed by atoms with Crippen molar-refractivity contribution in [1.29, 1.82) is 0 Å². The Hall–Kier alpha value is -0.520. The number of aldehydes is 1. The number of aromatic nitrogens is 2. The third-order valence-electron chi connectivity index (χ3n) is 1.60. The minimum atomic E-state index is 0.391. The molecule has 0 radical (unpaired) electrons. The average molecular weight is 278 g/mol. The lowest BCUT2D eigenvalue weighted by Gasteiger charge is -1.97. The number of rotatable bonds is 1. The highest BCUT2D eigenvalue weighted by Gasteiger charge is 2.12. The molecule has 0 fully saturated rings.